The molecule has 4 nitrogen and oxygen atoms in total. The second kappa shape index (κ2) is 3.99. The molecule has 0 aliphatic carbocycles. The van der Waals surface area contributed by atoms with Gasteiger partial charge in [-0.2, -0.15) is 5.10 Å². The van der Waals surface area contributed by atoms with Gasteiger partial charge in [-0.05, 0) is 11.5 Å². The molecule has 1 aromatic carbocycles. The number of pyridine rings is 1. The maximum Gasteiger partial charge on any atom is 0.268 e. The molecule has 0 amide bonds. The summed E-state index contributed by atoms with van der Waals surface area (Å²) in [7, 11) is 1.84. The number of nitrogens with zero attached hydrogens (tertiary/aromatic N) is 3. The van der Waals surface area contributed by atoms with Crippen LogP contribution in [0.15, 0.2) is 42.9 Å². The van der Waals surface area contributed by atoms with Crippen molar-refractivity contribution in [3.63, 3.8) is 0 Å². The molecule has 2 aromatic heterocycles. The van der Waals surface area contributed by atoms with E-state index in [4.69, 9.17) is 11.6 Å². The zero-order valence-electron chi connectivity index (χ0n) is 9.71. The smallest absolute Gasteiger partial charge is 0.268 e. The van der Waals surface area contributed by atoms with Crippen LogP contribution in [-0.2, 0) is 7.05 Å². The third-order valence-electron chi connectivity index (χ3n) is 2.88. The topological polar surface area (TPSA) is 41.9 Å². The molecule has 0 bridgehead atoms. The molecule has 3 aromatic rings. The van der Waals surface area contributed by atoms with Crippen LogP contribution >= 0.6 is 11.6 Å². The molecule has 2 heterocycles. The lowest BCUT2D eigenvalue weighted by molar-refractivity contribution is -0.895. The van der Waals surface area contributed by atoms with Gasteiger partial charge in [0.2, 0.25) is 6.20 Å². The minimum atomic E-state index is 0.619. The van der Waals surface area contributed by atoms with E-state index in [0.717, 1.165) is 21.1 Å². The molecule has 18 heavy (non-hydrogen) atoms. The van der Waals surface area contributed by atoms with Gasteiger partial charge in [0, 0.05) is 24.0 Å². The van der Waals surface area contributed by atoms with Crippen LogP contribution in [-0.4, -0.2) is 15.0 Å². The first-order valence-corrected chi connectivity index (χ1v) is 5.85. The molecule has 0 radical (unpaired) electrons. The molecular weight excluding hydrogens is 250 g/mol. The van der Waals surface area contributed by atoms with Crippen molar-refractivity contribution in [2.24, 2.45) is 7.05 Å². The van der Waals surface area contributed by atoms with E-state index >= 15 is 0 Å². The van der Waals surface area contributed by atoms with Crippen molar-refractivity contribution in [3.8, 4) is 11.3 Å². The standard InChI is InChI=1S/C13H11ClN3O/c1-16-7-10(6-15-16)13-5-9-3-2-4-12(14)11(9)8-17(13)18/h2-8,18H,1H3/q+1. The summed E-state index contributed by atoms with van der Waals surface area (Å²) in [5.41, 5.74) is 1.53. The van der Waals surface area contributed by atoms with Crippen LogP contribution in [0.25, 0.3) is 22.0 Å². The van der Waals surface area contributed by atoms with Crippen LogP contribution in [0.3, 0.4) is 0 Å². The van der Waals surface area contributed by atoms with Crippen molar-refractivity contribution in [3.05, 3.63) is 47.9 Å². The van der Waals surface area contributed by atoms with Gasteiger partial charge in [-0.15, -0.1) is 0 Å². The highest BCUT2D eigenvalue weighted by molar-refractivity contribution is 6.35. The van der Waals surface area contributed by atoms with Crippen LogP contribution < -0.4 is 4.73 Å². The van der Waals surface area contributed by atoms with E-state index in [9.17, 15) is 5.21 Å². The van der Waals surface area contributed by atoms with Crippen LogP contribution in [0.1, 0.15) is 0 Å². The van der Waals surface area contributed by atoms with Gasteiger partial charge in [-0.25, -0.2) is 0 Å². The first kappa shape index (κ1) is 11.0. The van der Waals surface area contributed by atoms with Gasteiger partial charge in [0.15, 0.2) is 0 Å². The third-order valence-corrected chi connectivity index (χ3v) is 3.21. The summed E-state index contributed by atoms with van der Waals surface area (Å²) in [5.74, 6) is 0. The number of halogens is 1. The first-order chi connectivity index (χ1) is 8.65. The number of fused-ring (bicyclic) bond motifs is 1. The van der Waals surface area contributed by atoms with Gasteiger partial charge in [0.25, 0.3) is 5.69 Å². The van der Waals surface area contributed by atoms with Crippen LogP contribution in [0.4, 0.5) is 0 Å². The third kappa shape index (κ3) is 1.71. The highest BCUT2D eigenvalue weighted by atomic mass is 35.5. The number of hydrogen-bond acceptors (Lipinski definition) is 2. The lowest BCUT2D eigenvalue weighted by Crippen LogP contribution is -2.32. The summed E-state index contributed by atoms with van der Waals surface area (Å²) < 4.78 is 2.77. The highest BCUT2D eigenvalue weighted by Crippen LogP contribution is 2.25. The van der Waals surface area contributed by atoms with Gasteiger partial charge in [0.05, 0.1) is 22.2 Å². The Bertz CT molecular complexity index is 736. The number of aromatic nitrogens is 3. The van der Waals surface area contributed by atoms with Gasteiger partial charge >= 0.3 is 0 Å². The second-order valence-corrected chi connectivity index (χ2v) is 4.56. The van der Waals surface area contributed by atoms with Gasteiger partial charge in [0.1, 0.15) is 0 Å². The van der Waals surface area contributed by atoms with E-state index in [2.05, 4.69) is 5.10 Å². The van der Waals surface area contributed by atoms with Crippen molar-refractivity contribution >= 4 is 22.4 Å². The minimum absolute atomic E-state index is 0.619. The summed E-state index contributed by atoms with van der Waals surface area (Å²) in [6.45, 7) is 0. The summed E-state index contributed by atoms with van der Waals surface area (Å²) in [5, 5.41) is 16.5. The maximum atomic E-state index is 10.0. The lowest BCUT2D eigenvalue weighted by atomic mass is 10.1. The summed E-state index contributed by atoms with van der Waals surface area (Å²) in [4.78, 5) is 0. The Morgan fingerprint density at radius 3 is 2.94 bits per heavy atom. The molecule has 0 aliphatic heterocycles. The number of rotatable bonds is 1. The van der Waals surface area contributed by atoms with E-state index in [-0.39, 0.29) is 0 Å². The molecule has 90 valence electrons. The molecule has 0 saturated carbocycles. The lowest BCUT2D eigenvalue weighted by Gasteiger charge is -1.99. The highest BCUT2D eigenvalue weighted by Gasteiger charge is 2.17. The van der Waals surface area contributed by atoms with E-state index in [1.54, 1.807) is 23.1 Å². The Hall–Kier alpha value is -2.07. The molecule has 5 heteroatoms. The quantitative estimate of drug-likeness (QED) is 0.539. The SMILES string of the molecule is Cn1cc(-c2cc3cccc(Cl)c3c[n+]2O)cn1. The Balaban J connectivity index is 2.28. The van der Waals surface area contributed by atoms with Crippen molar-refractivity contribution < 1.29 is 9.94 Å². The zero-order valence-corrected chi connectivity index (χ0v) is 10.5. The Kier molecular flexibility index (Phi) is 2.45. The van der Waals surface area contributed by atoms with E-state index < -0.39 is 0 Å². The average Bonchev–Trinajstić information content (AvgIpc) is 2.76. The molecular formula is C13H11ClN3O+. The number of aryl methyl sites for hydroxylation is 1. The predicted molar refractivity (Wildman–Crippen MR) is 68.5 cm³/mol. The zero-order chi connectivity index (χ0) is 12.7. The summed E-state index contributed by atoms with van der Waals surface area (Å²) in [6.07, 6.45) is 5.16. The predicted octanol–water partition coefficient (Wildman–Crippen LogP) is 2.42. The number of benzene rings is 1. The fraction of sp³-hybridized carbons (Fsp3) is 0.0769. The van der Waals surface area contributed by atoms with Gasteiger partial charge in [-0.3, -0.25) is 9.89 Å². The van der Waals surface area contributed by atoms with Gasteiger partial charge < -0.3 is 0 Å². The molecule has 1 N–H and O–H groups in total. The Labute approximate surface area is 109 Å². The van der Waals surface area contributed by atoms with Crippen molar-refractivity contribution in [2.75, 3.05) is 0 Å². The van der Waals surface area contributed by atoms with E-state index in [1.807, 2.05) is 31.4 Å². The molecule has 0 fully saturated rings. The van der Waals surface area contributed by atoms with Crippen LogP contribution in [0.2, 0.25) is 5.02 Å². The van der Waals surface area contributed by atoms with Crippen molar-refractivity contribution in [1.29, 1.82) is 0 Å². The summed E-state index contributed by atoms with van der Waals surface area (Å²) >= 11 is 6.09. The molecule has 0 atom stereocenters. The largest absolute Gasteiger partial charge is 0.285 e. The molecule has 0 unspecified atom stereocenters. The molecule has 0 aliphatic rings. The van der Waals surface area contributed by atoms with E-state index in [0.29, 0.717) is 10.7 Å². The van der Waals surface area contributed by atoms with Gasteiger partial charge in [-0.1, -0.05) is 23.7 Å². The Morgan fingerprint density at radius 2 is 2.22 bits per heavy atom. The fourth-order valence-corrected chi connectivity index (χ4v) is 2.22. The fourth-order valence-electron chi connectivity index (χ4n) is 1.99. The Morgan fingerprint density at radius 1 is 1.39 bits per heavy atom. The van der Waals surface area contributed by atoms with Crippen LogP contribution in [0.5, 0.6) is 0 Å². The first-order valence-electron chi connectivity index (χ1n) is 5.47. The van der Waals surface area contributed by atoms with Crippen LogP contribution in [0, 0.1) is 0 Å². The molecule has 3 rings (SSSR count). The molecule has 0 spiro atoms. The number of hydrogen-bond donors (Lipinski definition) is 1. The van der Waals surface area contributed by atoms with Crippen molar-refractivity contribution in [2.45, 2.75) is 0 Å². The maximum absolute atomic E-state index is 10.0. The monoisotopic (exact) mass is 260 g/mol. The second-order valence-electron chi connectivity index (χ2n) is 4.15. The van der Waals surface area contributed by atoms with Crippen molar-refractivity contribution in [1.82, 2.24) is 9.78 Å². The minimum Gasteiger partial charge on any atom is -0.285 e. The average molecular weight is 261 g/mol. The van der Waals surface area contributed by atoms with E-state index in [1.165, 1.54) is 0 Å². The normalized spacial score (nSPS) is 11.0. The summed E-state index contributed by atoms with van der Waals surface area (Å²) in [6, 6.07) is 7.53. The molecule has 0 saturated heterocycles.